The average Bonchev–Trinajstić information content (AvgIpc) is 3.48. The highest BCUT2D eigenvalue weighted by Gasteiger charge is 2.25. The molecule has 4 heterocycles. The van der Waals surface area contributed by atoms with Gasteiger partial charge in [0, 0.05) is 31.7 Å². The molecule has 7 nitrogen and oxygen atoms in total. The lowest BCUT2D eigenvalue weighted by molar-refractivity contribution is 0.0751. The topological polar surface area (TPSA) is 76.8 Å². The van der Waals surface area contributed by atoms with Crippen LogP contribution in [0.25, 0.3) is 16.5 Å². The van der Waals surface area contributed by atoms with Gasteiger partial charge >= 0.3 is 0 Å². The largest absolute Gasteiger partial charge is 0.334 e. The summed E-state index contributed by atoms with van der Waals surface area (Å²) in [5, 5.41) is 6.53. The molecule has 4 aromatic rings. The summed E-state index contributed by atoms with van der Waals surface area (Å²) in [7, 11) is 0. The summed E-state index contributed by atoms with van der Waals surface area (Å²) in [6, 6.07) is 9.75. The van der Waals surface area contributed by atoms with Crippen LogP contribution in [0, 0.1) is 0 Å². The minimum absolute atomic E-state index is 0.0522. The molecule has 0 aliphatic heterocycles. The summed E-state index contributed by atoms with van der Waals surface area (Å²) in [6.45, 7) is 7.18. The third kappa shape index (κ3) is 4.39. The standard InChI is InChI=1S/C23H24N6OS/c1-4-28(15-17-7-10-24-11-8-17)22(30)18-14-26-29(21(18)16(2)3)23-25-12-9-19(27-23)20-6-5-13-31-20/h5-14,16H,4,15H2,1-3H3. The molecule has 0 atom stereocenters. The Morgan fingerprint density at radius 1 is 1.16 bits per heavy atom. The van der Waals surface area contributed by atoms with E-state index in [-0.39, 0.29) is 11.8 Å². The zero-order valence-corrected chi connectivity index (χ0v) is 18.6. The summed E-state index contributed by atoms with van der Waals surface area (Å²) in [6.07, 6.45) is 6.84. The van der Waals surface area contributed by atoms with Gasteiger partial charge in [0.25, 0.3) is 11.9 Å². The molecule has 0 aliphatic rings. The van der Waals surface area contributed by atoms with Crippen molar-refractivity contribution in [2.75, 3.05) is 6.54 Å². The van der Waals surface area contributed by atoms with Crippen molar-refractivity contribution in [2.24, 2.45) is 0 Å². The predicted molar refractivity (Wildman–Crippen MR) is 121 cm³/mol. The summed E-state index contributed by atoms with van der Waals surface area (Å²) < 4.78 is 1.69. The molecular weight excluding hydrogens is 408 g/mol. The third-order valence-corrected chi connectivity index (χ3v) is 5.87. The molecular formula is C23H24N6OS. The van der Waals surface area contributed by atoms with Crippen molar-refractivity contribution in [1.82, 2.24) is 29.6 Å². The van der Waals surface area contributed by atoms with E-state index in [9.17, 15) is 4.79 Å². The fraction of sp³-hybridized carbons (Fsp3) is 0.261. The van der Waals surface area contributed by atoms with Crippen molar-refractivity contribution in [3.05, 3.63) is 77.3 Å². The van der Waals surface area contributed by atoms with Gasteiger partial charge in [-0.2, -0.15) is 5.10 Å². The third-order valence-electron chi connectivity index (χ3n) is 4.98. The molecule has 0 saturated carbocycles. The highest BCUT2D eigenvalue weighted by molar-refractivity contribution is 7.13. The molecule has 8 heteroatoms. The lowest BCUT2D eigenvalue weighted by Crippen LogP contribution is -2.31. The van der Waals surface area contributed by atoms with Crippen LogP contribution in [0.5, 0.6) is 0 Å². The van der Waals surface area contributed by atoms with E-state index in [1.807, 2.05) is 61.4 Å². The maximum atomic E-state index is 13.4. The Morgan fingerprint density at radius 3 is 2.65 bits per heavy atom. The molecule has 0 radical (unpaired) electrons. The summed E-state index contributed by atoms with van der Waals surface area (Å²) in [5.41, 5.74) is 3.26. The molecule has 0 saturated heterocycles. The normalized spacial score (nSPS) is 11.1. The van der Waals surface area contributed by atoms with Gasteiger partial charge in [-0.1, -0.05) is 19.9 Å². The first kappa shape index (κ1) is 20.9. The molecule has 0 bridgehead atoms. The minimum atomic E-state index is -0.0522. The van der Waals surface area contributed by atoms with E-state index in [0.717, 1.165) is 21.8 Å². The Balaban J connectivity index is 1.69. The molecule has 0 fully saturated rings. The van der Waals surface area contributed by atoms with Gasteiger partial charge in [-0.05, 0) is 48.1 Å². The monoisotopic (exact) mass is 432 g/mol. The first-order chi connectivity index (χ1) is 15.1. The molecule has 0 unspecified atom stereocenters. The van der Waals surface area contributed by atoms with Gasteiger partial charge in [0.05, 0.1) is 28.0 Å². The predicted octanol–water partition coefficient (Wildman–Crippen LogP) is 4.57. The molecule has 0 N–H and O–H groups in total. The number of thiophene rings is 1. The summed E-state index contributed by atoms with van der Waals surface area (Å²) in [5.74, 6) is 0.476. The second-order valence-corrected chi connectivity index (χ2v) is 8.35. The molecule has 158 valence electrons. The summed E-state index contributed by atoms with van der Waals surface area (Å²) >= 11 is 1.62. The molecule has 4 aromatic heterocycles. The Kier molecular flexibility index (Phi) is 6.18. The van der Waals surface area contributed by atoms with Crippen molar-refractivity contribution in [3.8, 4) is 16.5 Å². The molecule has 0 aliphatic carbocycles. The number of aromatic nitrogens is 5. The van der Waals surface area contributed by atoms with E-state index in [0.29, 0.717) is 24.6 Å². The minimum Gasteiger partial charge on any atom is -0.334 e. The van der Waals surface area contributed by atoms with Gasteiger partial charge in [0.15, 0.2) is 0 Å². The molecule has 0 aromatic carbocycles. The Hall–Kier alpha value is -3.39. The van der Waals surface area contributed by atoms with Crippen LogP contribution in [-0.2, 0) is 6.54 Å². The Morgan fingerprint density at radius 2 is 1.97 bits per heavy atom. The van der Waals surface area contributed by atoms with Gasteiger partial charge in [-0.3, -0.25) is 9.78 Å². The zero-order chi connectivity index (χ0) is 21.8. The van der Waals surface area contributed by atoms with Crippen LogP contribution in [0.3, 0.4) is 0 Å². The van der Waals surface area contributed by atoms with Crippen molar-refractivity contribution in [2.45, 2.75) is 33.2 Å². The van der Waals surface area contributed by atoms with Crippen molar-refractivity contribution in [1.29, 1.82) is 0 Å². The number of hydrogen-bond donors (Lipinski definition) is 0. The van der Waals surface area contributed by atoms with Crippen molar-refractivity contribution in [3.63, 3.8) is 0 Å². The number of hydrogen-bond acceptors (Lipinski definition) is 6. The molecule has 0 spiro atoms. The molecule has 1 amide bonds. The van der Waals surface area contributed by atoms with Crippen LogP contribution in [0.15, 0.2) is 60.5 Å². The number of carbonyl (C=O) groups excluding carboxylic acids is 1. The first-order valence-corrected chi connectivity index (χ1v) is 11.1. The van der Waals surface area contributed by atoms with Gasteiger partial charge in [-0.25, -0.2) is 14.6 Å². The first-order valence-electron chi connectivity index (χ1n) is 10.2. The maximum Gasteiger partial charge on any atom is 0.257 e. The van der Waals surface area contributed by atoms with E-state index in [1.54, 1.807) is 40.8 Å². The van der Waals surface area contributed by atoms with E-state index in [4.69, 9.17) is 4.98 Å². The second-order valence-electron chi connectivity index (χ2n) is 7.40. The maximum absolute atomic E-state index is 13.4. The lowest BCUT2D eigenvalue weighted by Gasteiger charge is -2.22. The van der Waals surface area contributed by atoms with Gasteiger partial charge < -0.3 is 4.90 Å². The van der Waals surface area contributed by atoms with Crippen LogP contribution in [0.4, 0.5) is 0 Å². The number of rotatable bonds is 7. The van der Waals surface area contributed by atoms with Crippen molar-refractivity contribution >= 4 is 17.2 Å². The highest BCUT2D eigenvalue weighted by Crippen LogP contribution is 2.26. The van der Waals surface area contributed by atoms with E-state index < -0.39 is 0 Å². The van der Waals surface area contributed by atoms with Crippen LogP contribution in [-0.4, -0.2) is 42.1 Å². The second kappa shape index (κ2) is 9.18. The number of nitrogens with zero attached hydrogens (tertiary/aromatic N) is 6. The van der Waals surface area contributed by atoms with Crippen LogP contribution >= 0.6 is 11.3 Å². The van der Waals surface area contributed by atoms with Gasteiger partial charge in [0.1, 0.15) is 0 Å². The van der Waals surface area contributed by atoms with Crippen LogP contribution in [0.2, 0.25) is 0 Å². The van der Waals surface area contributed by atoms with E-state index in [2.05, 4.69) is 15.1 Å². The van der Waals surface area contributed by atoms with Crippen LogP contribution < -0.4 is 0 Å². The highest BCUT2D eigenvalue weighted by atomic mass is 32.1. The van der Waals surface area contributed by atoms with Crippen molar-refractivity contribution < 1.29 is 4.79 Å². The molecule has 31 heavy (non-hydrogen) atoms. The van der Waals surface area contributed by atoms with Crippen LogP contribution in [0.1, 0.15) is 48.3 Å². The van der Waals surface area contributed by atoms with E-state index in [1.165, 1.54) is 0 Å². The zero-order valence-electron chi connectivity index (χ0n) is 17.8. The molecule has 4 rings (SSSR count). The number of pyridine rings is 1. The Labute approximate surface area is 185 Å². The smallest absolute Gasteiger partial charge is 0.257 e. The number of amides is 1. The average molecular weight is 433 g/mol. The quantitative estimate of drug-likeness (QED) is 0.427. The Bertz CT molecular complexity index is 1150. The van der Waals surface area contributed by atoms with Gasteiger partial charge in [0.2, 0.25) is 0 Å². The number of carbonyl (C=O) groups is 1. The van der Waals surface area contributed by atoms with E-state index >= 15 is 0 Å². The fourth-order valence-electron chi connectivity index (χ4n) is 3.46. The SMILES string of the molecule is CCN(Cc1ccncc1)C(=O)c1cnn(-c2nccc(-c3cccs3)n2)c1C(C)C. The van der Waals surface area contributed by atoms with Gasteiger partial charge in [-0.15, -0.1) is 11.3 Å². The summed E-state index contributed by atoms with van der Waals surface area (Å²) in [4.78, 5) is 29.5. The fourth-order valence-corrected chi connectivity index (χ4v) is 4.15. The lowest BCUT2D eigenvalue weighted by atomic mass is 10.0.